The number of aromatic nitrogens is 2. The number of benzene rings is 3. The second-order valence-corrected chi connectivity index (χ2v) is 9.05. The molecule has 10 heteroatoms. The summed E-state index contributed by atoms with van der Waals surface area (Å²) in [5.41, 5.74) is 3.99. The Labute approximate surface area is 215 Å². The summed E-state index contributed by atoms with van der Waals surface area (Å²) in [7, 11) is 0. The third-order valence-corrected chi connectivity index (χ3v) is 6.86. The van der Waals surface area contributed by atoms with Crippen LogP contribution in [0.5, 0.6) is 11.5 Å². The lowest BCUT2D eigenvalue weighted by Crippen LogP contribution is -2.29. The Bertz CT molecular complexity index is 1580. The molecule has 3 aromatic carbocycles. The predicted octanol–water partition coefficient (Wildman–Crippen LogP) is 4.00. The smallest absolute Gasteiger partial charge is 0.342 e. The zero-order valence-corrected chi connectivity index (χ0v) is 20.4. The van der Waals surface area contributed by atoms with Crippen molar-refractivity contribution in [2.24, 2.45) is 0 Å². The first kappa shape index (κ1) is 23.1. The Hall–Kier alpha value is -4.28. The maximum absolute atomic E-state index is 13.3. The number of cyclic esters (lactones) is 1. The molecule has 2 aliphatic heterocycles. The molecule has 6 rings (SSSR count). The van der Waals surface area contributed by atoms with Crippen molar-refractivity contribution in [1.29, 1.82) is 0 Å². The standard InChI is InChI=1S/C27H20N2O7S/c1-2-33-25(30)16-5-3-15(4-6-16)11-19-24(17-7-9-20-21(12-17)29-37-28-20)26(31)36-27(19,32)18-8-10-22-23(13-18)35-14-34-22/h3-10,12-13,32H,2,11,14H2,1H3. The first-order chi connectivity index (χ1) is 18.0. The molecule has 186 valence electrons. The van der Waals surface area contributed by atoms with Crippen LogP contribution in [0.25, 0.3) is 16.6 Å². The molecule has 37 heavy (non-hydrogen) atoms. The lowest BCUT2D eigenvalue weighted by molar-refractivity contribution is -0.185. The largest absolute Gasteiger partial charge is 0.462 e. The van der Waals surface area contributed by atoms with E-state index in [0.717, 1.165) is 17.3 Å². The summed E-state index contributed by atoms with van der Waals surface area (Å²) in [4.78, 5) is 25.4. The lowest BCUT2D eigenvalue weighted by Gasteiger charge is -2.26. The van der Waals surface area contributed by atoms with Gasteiger partial charge in [0.2, 0.25) is 6.79 Å². The van der Waals surface area contributed by atoms with E-state index >= 15 is 0 Å². The Morgan fingerprint density at radius 2 is 1.81 bits per heavy atom. The minimum Gasteiger partial charge on any atom is -0.462 e. The second-order valence-electron chi connectivity index (χ2n) is 8.52. The first-order valence-electron chi connectivity index (χ1n) is 11.5. The molecule has 1 atom stereocenters. The predicted molar refractivity (Wildman–Crippen MR) is 133 cm³/mol. The zero-order chi connectivity index (χ0) is 25.6. The van der Waals surface area contributed by atoms with Crippen LogP contribution < -0.4 is 9.47 Å². The summed E-state index contributed by atoms with van der Waals surface area (Å²) in [6.45, 7) is 2.09. The van der Waals surface area contributed by atoms with Crippen molar-refractivity contribution >= 4 is 40.3 Å². The molecule has 9 nitrogen and oxygen atoms in total. The summed E-state index contributed by atoms with van der Waals surface area (Å²) in [6.07, 6.45) is 0.169. The molecule has 1 N–H and O–H groups in total. The molecular weight excluding hydrogens is 496 g/mol. The van der Waals surface area contributed by atoms with Crippen LogP contribution in [-0.2, 0) is 26.5 Å². The van der Waals surface area contributed by atoms with Crippen LogP contribution in [0, 0.1) is 0 Å². The third-order valence-electron chi connectivity index (χ3n) is 6.31. The Morgan fingerprint density at radius 3 is 2.62 bits per heavy atom. The van der Waals surface area contributed by atoms with E-state index in [4.69, 9.17) is 18.9 Å². The second kappa shape index (κ2) is 8.99. The van der Waals surface area contributed by atoms with Gasteiger partial charge in [0.25, 0.3) is 5.79 Å². The van der Waals surface area contributed by atoms with Crippen LogP contribution in [0.2, 0.25) is 0 Å². The normalized spacial score (nSPS) is 18.4. The van der Waals surface area contributed by atoms with Gasteiger partial charge in [-0.2, -0.15) is 8.75 Å². The van der Waals surface area contributed by atoms with E-state index in [9.17, 15) is 14.7 Å². The number of fused-ring (bicyclic) bond motifs is 2. The number of ether oxygens (including phenoxy) is 4. The third kappa shape index (κ3) is 4.00. The van der Waals surface area contributed by atoms with Gasteiger partial charge in [-0.25, -0.2) is 9.59 Å². The molecule has 2 aliphatic rings. The zero-order valence-electron chi connectivity index (χ0n) is 19.6. The molecule has 0 saturated carbocycles. The van der Waals surface area contributed by atoms with Gasteiger partial charge in [0.1, 0.15) is 11.0 Å². The van der Waals surface area contributed by atoms with Gasteiger partial charge in [0, 0.05) is 17.6 Å². The number of carbonyl (C=O) groups is 2. The molecule has 0 bridgehead atoms. The molecule has 1 unspecified atom stereocenters. The molecule has 4 aromatic rings. The van der Waals surface area contributed by atoms with Gasteiger partial charge in [-0.05, 0) is 60.5 Å². The van der Waals surface area contributed by atoms with Crippen molar-refractivity contribution in [2.45, 2.75) is 19.1 Å². The first-order valence-corrected chi connectivity index (χ1v) is 12.3. The van der Waals surface area contributed by atoms with Gasteiger partial charge < -0.3 is 24.1 Å². The molecule has 0 saturated heterocycles. The van der Waals surface area contributed by atoms with Gasteiger partial charge in [-0.1, -0.05) is 18.2 Å². The molecule has 0 fully saturated rings. The van der Waals surface area contributed by atoms with Crippen LogP contribution in [0.3, 0.4) is 0 Å². The van der Waals surface area contributed by atoms with Crippen molar-refractivity contribution in [3.8, 4) is 11.5 Å². The highest BCUT2D eigenvalue weighted by Crippen LogP contribution is 2.47. The highest BCUT2D eigenvalue weighted by Gasteiger charge is 2.48. The number of esters is 2. The number of carbonyl (C=O) groups excluding carboxylic acids is 2. The SMILES string of the molecule is CCOC(=O)c1ccc(CC2=C(c3ccc4nsnc4c3)C(=O)OC2(O)c2ccc3c(c2)OCO3)cc1. The minimum atomic E-state index is -2.05. The van der Waals surface area contributed by atoms with Crippen LogP contribution in [0.4, 0.5) is 0 Å². The fraction of sp³-hybridized carbons (Fsp3) is 0.185. The fourth-order valence-electron chi connectivity index (χ4n) is 4.50. The minimum absolute atomic E-state index is 0.0689. The maximum Gasteiger partial charge on any atom is 0.342 e. The molecule has 0 amide bonds. The van der Waals surface area contributed by atoms with Crippen LogP contribution in [0.1, 0.15) is 34.0 Å². The quantitative estimate of drug-likeness (QED) is 0.380. The van der Waals surface area contributed by atoms with Gasteiger partial charge in [-0.3, -0.25) is 0 Å². The van der Waals surface area contributed by atoms with Crippen molar-refractivity contribution in [1.82, 2.24) is 8.75 Å². The van der Waals surface area contributed by atoms with E-state index in [-0.39, 0.29) is 25.4 Å². The number of hydrogen-bond acceptors (Lipinski definition) is 10. The Balaban J connectivity index is 1.47. The van der Waals surface area contributed by atoms with Gasteiger partial charge >= 0.3 is 11.9 Å². The number of aliphatic hydroxyl groups is 1. The van der Waals surface area contributed by atoms with E-state index in [1.807, 2.05) is 0 Å². The van der Waals surface area contributed by atoms with Crippen LogP contribution in [0.15, 0.2) is 66.2 Å². The van der Waals surface area contributed by atoms with Crippen molar-refractivity contribution in [3.63, 3.8) is 0 Å². The molecule has 0 aliphatic carbocycles. The molecular formula is C27H20N2O7S. The van der Waals surface area contributed by atoms with Gasteiger partial charge in [0.15, 0.2) is 11.5 Å². The van der Waals surface area contributed by atoms with Gasteiger partial charge in [-0.15, -0.1) is 0 Å². The van der Waals surface area contributed by atoms with E-state index in [1.165, 1.54) is 0 Å². The summed E-state index contributed by atoms with van der Waals surface area (Å²) in [5.74, 6) is -2.15. The number of nitrogens with zero attached hydrogens (tertiary/aromatic N) is 2. The molecule has 0 radical (unpaired) electrons. The topological polar surface area (TPSA) is 117 Å². The van der Waals surface area contributed by atoms with Crippen molar-refractivity contribution in [3.05, 3.63) is 88.5 Å². The maximum atomic E-state index is 13.3. The van der Waals surface area contributed by atoms with E-state index in [0.29, 0.717) is 44.8 Å². The molecule has 1 aromatic heterocycles. The highest BCUT2D eigenvalue weighted by atomic mass is 32.1. The summed E-state index contributed by atoms with van der Waals surface area (Å²) >= 11 is 1.08. The number of rotatable bonds is 6. The van der Waals surface area contributed by atoms with Gasteiger partial charge in [0.05, 0.1) is 29.5 Å². The number of hydrogen-bond donors (Lipinski definition) is 1. The van der Waals surface area contributed by atoms with Crippen LogP contribution in [-0.4, -0.2) is 39.2 Å². The summed E-state index contributed by atoms with van der Waals surface area (Å²) in [5, 5.41) is 11.9. The van der Waals surface area contributed by atoms with Crippen LogP contribution >= 0.6 is 11.7 Å². The Kier molecular flexibility index (Phi) is 5.62. The van der Waals surface area contributed by atoms with E-state index < -0.39 is 17.7 Å². The monoisotopic (exact) mass is 516 g/mol. The average molecular weight is 517 g/mol. The average Bonchev–Trinajstić information content (AvgIpc) is 3.62. The summed E-state index contributed by atoms with van der Waals surface area (Å²) in [6, 6.07) is 17.0. The van der Waals surface area contributed by atoms with Crippen molar-refractivity contribution in [2.75, 3.05) is 13.4 Å². The molecule has 0 spiro atoms. The highest BCUT2D eigenvalue weighted by molar-refractivity contribution is 7.00. The lowest BCUT2D eigenvalue weighted by atomic mass is 9.87. The Morgan fingerprint density at radius 1 is 1.03 bits per heavy atom. The van der Waals surface area contributed by atoms with Crippen molar-refractivity contribution < 1.29 is 33.6 Å². The van der Waals surface area contributed by atoms with E-state index in [1.54, 1.807) is 67.6 Å². The van der Waals surface area contributed by atoms with E-state index in [2.05, 4.69) is 8.75 Å². The molecule has 3 heterocycles. The fourth-order valence-corrected chi connectivity index (χ4v) is 5.01. The summed E-state index contributed by atoms with van der Waals surface area (Å²) < 4.78 is 30.1.